The Balaban J connectivity index is 2.22. The minimum atomic E-state index is -0.607. The lowest BCUT2D eigenvalue weighted by Crippen LogP contribution is -2.09. The second kappa shape index (κ2) is 6.95. The number of nitrogens with one attached hydrogen (secondary N) is 1. The highest BCUT2D eigenvalue weighted by molar-refractivity contribution is 6.41. The smallest absolute Gasteiger partial charge is 0.351 e. The standard InChI is InChI=1S/C14H16ClN5O2/c1-3-22-12(21)11(15)9(2)17-14-18-13(16)20(19-14)10-7-5-4-6-8-10/h4-8H,3H2,1-2H3,(H3,16,17,18,19)/b11-9+. The fourth-order valence-electron chi connectivity index (χ4n) is 1.71. The van der Waals surface area contributed by atoms with Crippen LogP contribution >= 0.6 is 11.6 Å². The minimum absolute atomic E-state index is 0.0588. The Morgan fingerprint density at radius 1 is 1.41 bits per heavy atom. The number of ether oxygens (including phenoxy) is 1. The molecule has 1 aromatic carbocycles. The summed E-state index contributed by atoms with van der Waals surface area (Å²) in [5.74, 6) is -0.153. The van der Waals surface area contributed by atoms with Gasteiger partial charge in [0, 0.05) is 5.70 Å². The normalized spacial score (nSPS) is 11.8. The van der Waals surface area contributed by atoms with E-state index in [0.29, 0.717) is 5.70 Å². The molecule has 0 atom stereocenters. The molecule has 0 fully saturated rings. The molecular formula is C14H16ClN5O2. The van der Waals surface area contributed by atoms with Gasteiger partial charge in [0.25, 0.3) is 0 Å². The molecular weight excluding hydrogens is 306 g/mol. The van der Waals surface area contributed by atoms with Crippen LogP contribution in [-0.2, 0) is 9.53 Å². The van der Waals surface area contributed by atoms with Crippen LogP contribution in [-0.4, -0.2) is 27.3 Å². The first-order valence-electron chi connectivity index (χ1n) is 6.61. The van der Waals surface area contributed by atoms with Gasteiger partial charge in [0.05, 0.1) is 12.3 Å². The molecule has 0 radical (unpaired) electrons. The number of rotatable bonds is 5. The topological polar surface area (TPSA) is 95.1 Å². The lowest BCUT2D eigenvalue weighted by atomic mass is 10.3. The summed E-state index contributed by atoms with van der Waals surface area (Å²) in [6, 6.07) is 9.33. The first-order chi connectivity index (χ1) is 10.5. The van der Waals surface area contributed by atoms with Crippen molar-refractivity contribution in [1.29, 1.82) is 0 Å². The molecule has 0 saturated heterocycles. The SMILES string of the molecule is CCOC(=O)/C(Cl)=C(/C)Nc1nc(N)n(-c2ccccc2)n1. The van der Waals surface area contributed by atoms with E-state index in [-0.39, 0.29) is 23.5 Å². The lowest BCUT2D eigenvalue weighted by molar-refractivity contribution is -0.137. The highest BCUT2D eigenvalue weighted by Crippen LogP contribution is 2.17. The number of hydrogen-bond donors (Lipinski definition) is 2. The van der Waals surface area contributed by atoms with Gasteiger partial charge in [-0.2, -0.15) is 9.67 Å². The van der Waals surface area contributed by atoms with Crippen LogP contribution in [0.3, 0.4) is 0 Å². The first-order valence-corrected chi connectivity index (χ1v) is 6.99. The molecule has 22 heavy (non-hydrogen) atoms. The second-order valence-corrected chi connectivity index (χ2v) is 4.70. The molecule has 3 N–H and O–H groups in total. The number of halogens is 1. The number of nitrogens with zero attached hydrogens (tertiary/aromatic N) is 3. The van der Waals surface area contributed by atoms with Crippen LogP contribution in [0.15, 0.2) is 41.1 Å². The molecule has 0 aliphatic carbocycles. The zero-order valence-corrected chi connectivity index (χ0v) is 13.0. The Bertz CT molecular complexity index is 697. The van der Waals surface area contributed by atoms with E-state index in [1.165, 1.54) is 4.68 Å². The van der Waals surface area contributed by atoms with Gasteiger partial charge in [-0.25, -0.2) is 4.79 Å². The summed E-state index contributed by atoms with van der Waals surface area (Å²) in [4.78, 5) is 15.6. The number of nitrogens with two attached hydrogens (primary N) is 1. The maximum Gasteiger partial charge on any atom is 0.351 e. The fourth-order valence-corrected chi connectivity index (χ4v) is 1.81. The Morgan fingerprint density at radius 3 is 2.73 bits per heavy atom. The number of carbonyl (C=O) groups excluding carboxylic acids is 1. The maximum absolute atomic E-state index is 11.5. The molecule has 1 aromatic heterocycles. The number of esters is 1. The lowest BCUT2D eigenvalue weighted by Gasteiger charge is -2.05. The van der Waals surface area contributed by atoms with Gasteiger partial charge < -0.3 is 15.8 Å². The van der Waals surface area contributed by atoms with E-state index in [4.69, 9.17) is 22.1 Å². The summed E-state index contributed by atoms with van der Waals surface area (Å²) in [6.07, 6.45) is 0. The molecule has 2 aromatic rings. The predicted octanol–water partition coefficient (Wildman–Crippen LogP) is 2.29. The number of aromatic nitrogens is 3. The number of hydrogen-bond acceptors (Lipinski definition) is 6. The van der Waals surface area contributed by atoms with Crippen molar-refractivity contribution in [3.63, 3.8) is 0 Å². The Labute approximate surface area is 132 Å². The Hall–Kier alpha value is -2.54. The zero-order valence-electron chi connectivity index (χ0n) is 12.2. The van der Waals surface area contributed by atoms with Crippen LogP contribution in [0.1, 0.15) is 13.8 Å². The van der Waals surface area contributed by atoms with Crippen molar-refractivity contribution in [2.75, 3.05) is 17.7 Å². The van der Waals surface area contributed by atoms with Crippen LogP contribution in [0.5, 0.6) is 0 Å². The summed E-state index contributed by atoms with van der Waals surface area (Å²) in [5.41, 5.74) is 7.00. The molecule has 7 nitrogen and oxygen atoms in total. The molecule has 1 heterocycles. The number of allylic oxidation sites excluding steroid dienone is 1. The minimum Gasteiger partial charge on any atom is -0.462 e. The highest BCUT2D eigenvalue weighted by Gasteiger charge is 2.14. The first kappa shape index (κ1) is 15.8. The van der Waals surface area contributed by atoms with E-state index < -0.39 is 5.97 Å². The van der Waals surface area contributed by atoms with Crippen molar-refractivity contribution >= 4 is 29.5 Å². The predicted molar refractivity (Wildman–Crippen MR) is 84.6 cm³/mol. The molecule has 8 heteroatoms. The van der Waals surface area contributed by atoms with E-state index in [1.54, 1.807) is 13.8 Å². The van der Waals surface area contributed by atoms with E-state index in [0.717, 1.165) is 5.69 Å². The monoisotopic (exact) mass is 321 g/mol. The van der Waals surface area contributed by atoms with Gasteiger partial charge in [-0.3, -0.25) is 0 Å². The van der Waals surface area contributed by atoms with E-state index in [2.05, 4.69) is 15.4 Å². The van der Waals surface area contributed by atoms with Crippen LogP contribution in [0, 0.1) is 0 Å². The molecule has 0 saturated carbocycles. The third-order valence-corrected chi connectivity index (χ3v) is 3.15. The third kappa shape index (κ3) is 3.56. The van der Waals surface area contributed by atoms with Gasteiger partial charge >= 0.3 is 5.97 Å². The molecule has 0 aliphatic rings. The molecule has 2 rings (SSSR count). The average molecular weight is 322 g/mol. The van der Waals surface area contributed by atoms with Crippen LogP contribution in [0.4, 0.5) is 11.9 Å². The van der Waals surface area contributed by atoms with Crippen molar-refractivity contribution in [3.05, 3.63) is 41.1 Å². The molecule has 0 bridgehead atoms. The molecule has 0 unspecified atom stereocenters. The van der Waals surface area contributed by atoms with Crippen LogP contribution < -0.4 is 11.1 Å². The quantitative estimate of drug-likeness (QED) is 0.648. The Kier molecular flexibility index (Phi) is 5.00. The van der Waals surface area contributed by atoms with Gasteiger partial charge in [-0.1, -0.05) is 29.8 Å². The number of para-hydroxylation sites is 1. The number of carbonyl (C=O) groups is 1. The third-order valence-electron chi connectivity index (χ3n) is 2.72. The van der Waals surface area contributed by atoms with Crippen LogP contribution in [0.25, 0.3) is 5.69 Å². The number of anilines is 2. The van der Waals surface area contributed by atoms with Gasteiger partial charge in [-0.05, 0) is 26.0 Å². The average Bonchev–Trinajstić information content (AvgIpc) is 2.88. The summed E-state index contributed by atoms with van der Waals surface area (Å²) in [7, 11) is 0. The highest BCUT2D eigenvalue weighted by atomic mass is 35.5. The van der Waals surface area contributed by atoms with Gasteiger partial charge in [0.2, 0.25) is 11.9 Å². The zero-order chi connectivity index (χ0) is 16.1. The summed E-state index contributed by atoms with van der Waals surface area (Å²) in [6.45, 7) is 3.57. The largest absolute Gasteiger partial charge is 0.462 e. The molecule has 0 spiro atoms. The van der Waals surface area contributed by atoms with Gasteiger partial charge in [0.15, 0.2) is 0 Å². The number of nitrogen functional groups attached to an aromatic ring is 1. The summed E-state index contributed by atoms with van der Waals surface area (Å²) >= 11 is 5.92. The van der Waals surface area contributed by atoms with Crippen molar-refractivity contribution in [2.45, 2.75) is 13.8 Å². The van der Waals surface area contributed by atoms with Gasteiger partial charge in [0.1, 0.15) is 5.03 Å². The summed E-state index contributed by atoms with van der Waals surface area (Å²) < 4.78 is 6.30. The Morgan fingerprint density at radius 2 is 2.09 bits per heavy atom. The van der Waals surface area contributed by atoms with Crippen molar-refractivity contribution in [2.24, 2.45) is 0 Å². The molecule has 116 valence electrons. The van der Waals surface area contributed by atoms with Gasteiger partial charge in [-0.15, -0.1) is 5.10 Å². The van der Waals surface area contributed by atoms with E-state index >= 15 is 0 Å². The number of benzene rings is 1. The summed E-state index contributed by atoms with van der Waals surface area (Å²) in [5, 5.41) is 7.01. The van der Waals surface area contributed by atoms with Crippen molar-refractivity contribution in [3.8, 4) is 5.69 Å². The van der Waals surface area contributed by atoms with E-state index in [9.17, 15) is 4.79 Å². The fraction of sp³-hybridized carbons (Fsp3) is 0.214. The van der Waals surface area contributed by atoms with Crippen molar-refractivity contribution in [1.82, 2.24) is 14.8 Å². The molecule has 0 aliphatic heterocycles. The van der Waals surface area contributed by atoms with E-state index in [1.807, 2.05) is 30.3 Å². The second-order valence-electron chi connectivity index (χ2n) is 4.33. The van der Waals surface area contributed by atoms with Crippen LogP contribution in [0.2, 0.25) is 0 Å². The molecule has 0 amide bonds. The van der Waals surface area contributed by atoms with Crippen molar-refractivity contribution < 1.29 is 9.53 Å². The maximum atomic E-state index is 11.5.